The summed E-state index contributed by atoms with van der Waals surface area (Å²) in [5.41, 5.74) is 3.21. The van der Waals surface area contributed by atoms with Crippen LogP contribution in [0, 0.1) is 5.82 Å². The van der Waals surface area contributed by atoms with Crippen LogP contribution >= 0.6 is 15.9 Å². The average molecular weight is 534 g/mol. The number of nitrogens with zero attached hydrogens (tertiary/aromatic N) is 3. The van der Waals surface area contributed by atoms with Gasteiger partial charge in [0.15, 0.2) is 0 Å². The lowest BCUT2D eigenvalue weighted by Crippen LogP contribution is -2.47. The number of halogens is 2. The van der Waals surface area contributed by atoms with Gasteiger partial charge in [-0.05, 0) is 36.4 Å². The fraction of sp³-hybridized carbons (Fsp3) is 0.115. The first-order valence-electron chi connectivity index (χ1n) is 10.9. The van der Waals surface area contributed by atoms with Crippen LogP contribution in [0.1, 0.15) is 11.1 Å². The maximum atomic E-state index is 14.8. The molecular weight excluding hydrogens is 513 g/mol. The number of para-hydroxylation sites is 1. The van der Waals surface area contributed by atoms with Gasteiger partial charge in [-0.15, -0.1) is 0 Å². The Morgan fingerprint density at radius 3 is 2.51 bits per heavy atom. The van der Waals surface area contributed by atoms with Gasteiger partial charge in [0.2, 0.25) is 6.17 Å². The largest absolute Gasteiger partial charge is 0.348 e. The summed E-state index contributed by atoms with van der Waals surface area (Å²) in [6.07, 6.45) is 0.533. The molecule has 7 nitrogen and oxygen atoms in total. The minimum Gasteiger partial charge on any atom is -0.348 e. The molecule has 1 atom stereocenters. The van der Waals surface area contributed by atoms with Crippen molar-refractivity contribution in [2.75, 3.05) is 17.3 Å². The minimum absolute atomic E-state index is 0.245. The standard InChI is InChI=1S/C26H21BrFN5O2/c1-32-14-20(18-13-15(27)11-12-21(18)32)29-26(35)31-24-25(34)33(2)22-10-6-4-8-17(22)23(30-24)16-7-3-5-9-19(16)28/h3-14,24H,1-2H3,(H2,29,31,35). The number of likely N-dealkylation sites (N-methyl/N-ethyl adjacent to an activating group) is 1. The number of nitrogens with one attached hydrogen (secondary N) is 2. The number of aromatic nitrogens is 1. The number of rotatable bonds is 3. The normalized spacial score (nSPS) is 15.4. The number of amides is 3. The number of anilines is 2. The summed E-state index contributed by atoms with van der Waals surface area (Å²) >= 11 is 3.46. The summed E-state index contributed by atoms with van der Waals surface area (Å²) in [7, 11) is 3.49. The number of aryl methyl sites for hydroxylation is 1. The molecule has 1 aliphatic rings. The summed E-state index contributed by atoms with van der Waals surface area (Å²) in [6.45, 7) is 0. The van der Waals surface area contributed by atoms with E-state index in [9.17, 15) is 14.0 Å². The van der Waals surface area contributed by atoms with Crippen LogP contribution in [0.3, 0.4) is 0 Å². The highest BCUT2D eigenvalue weighted by Crippen LogP contribution is 2.30. The van der Waals surface area contributed by atoms with E-state index >= 15 is 0 Å². The molecule has 2 heterocycles. The van der Waals surface area contributed by atoms with Crippen molar-refractivity contribution in [2.24, 2.45) is 12.0 Å². The molecule has 4 aromatic rings. The highest BCUT2D eigenvalue weighted by Gasteiger charge is 2.31. The molecular formula is C26H21BrFN5O2. The third kappa shape index (κ3) is 4.19. The molecule has 3 amide bonds. The zero-order valence-corrected chi connectivity index (χ0v) is 20.5. The molecule has 5 rings (SSSR count). The Balaban J connectivity index is 1.51. The molecule has 0 fully saturated rings. The zero-order valence-electron chi connectivity index (χ0n) is 18.9. The molecule has 2 N–H and O–H groups in total. The van der Waals surface area contributed by atoms with E-state index in [0.29, 0.717) is 16.9 Å². The fourth-order valence-electron chi connectivity index (χ4n) is 4.23. The second-order valence-electron chi connectivity index (χ2n) is 8.19. The first-order chi connectivity index (χ1) is 16.8. The Hall–Kier alpha value is -3.98. The maximum Gasteiger partial charge on any atom is 0.321 e. The number of urea groups is 1. The summed E-state index contributed by atoms with van der Waals surface area (Å²) in [5, 5.41) is 6.31. The van der Waals surface area contributed by atoms with Gasteiger partial charge in [-0.2, -0.15) is 0 Å². The molecule has 0 spiro atoms. The van der Waals surface area contributed by atoms with Gasteiger partial charge in [-0.1, -0.05) is 46.3 Å². The molecule has 176 valence electrons. The molecule has 0 radical (unpaired) electrons. The van der Waals surface area contributed by atoms with Crippen molar-refractivity contribution in [1.29, 1.82) is 0 Å². The second kappa shape index (κ2) is 8.99. The number of fused-ring (bicyclic) bond motifs is 2. The van der Waals surface area contributed by atoms with Gasteiger partial charge in [-0.25, -0.2) is 14.2 Å². The molecule has 9 heteroatoms. The number of carbonyl (C=O) groups excluding carboxylic acids is 2. The van der Waals surface area contributed by atoms with Crippen molar-refractivity contribution in [2.45, 2.75) is 6.17 Å². The Labute approximate surface area is 209 Å². The van der Waals surface area contributed by atoms with Crippen molar-refractivity contribution in [1.82, 2.24) is 9.88 Å². The van der Waals surface area contributed by atoms with Crippen LogP contribution in [-0.4, -0.2) is 35.4 Å². The minimum atomic E-state index is -1.26. The number of benzodiazepines with no additional fused rings is 1. The van der Waals surface area contributed by atoms with E-state index in [2.05, 4.69) is 31.6 Å². The van der Waals surface area contributed by atoms with E-state index in [0.717, 1.165) is 15.4 Å². The van der Waals surface area contributed by atoms with E-state index in [1.165, 1.54) is 11.0 Å². The SMILES string of the molecule is CN1C(=O)C(NC(=O)Nc2cn(C)c3ccc(Br)cc23)N=C(c2ccccc2F)c2ccccc21. The topological polar surface area (TPSA) is 78.7 Å². The third-order valence-electron chi connectivity index (χ3n) is 5.94. The van der Waals surface area contributed by atoms with E-state index in [1.54, 1.807) is 55.7 Å². The number of benzene rings is 3. The lowest BCUT2D eigenvalue weighted by molar-refractivity contribution is -0.119. The van der Waals surface area contributed by atoms with Crippen molar-refractivity contribution < 1.29 is 14.0 Å². The molecule has 0 bridgehead atoms. The molecule has 1 unspecified atom stereocenters. The molecule has 0 saturated heterocycles. The van der Waals surface area contributed by atoms with Crippen molar-refractivity contribution in [3.63, 3.8) is 0 Å². The fourth-order valence-corrected chi connectivity index (χ4v) is 4.59. The van der Waals surface area contributed by atoms with Gasteiger partial charge in [0.25, 0.3) is 5.91 Å². The predicted octanol–water partition coefficient (Wildman–Crippen LogP) is 5.04. The van der Waals surface area contributed by atoms with Crippen LogP contribution in [0.15, 0.2) is 82.4 Å². The van der Waals surface area contributed by atoms with Gasteiger partial charge in [0.05, 0.1) is 17.1 Å². The van der Waals surface area contributed by atoms with Crippen LogP contribution in [-0.2, 0) is 11.8 Å². The Morgan fingerprint density at radius 2 is 1.74 bits per heavy atom. The number of hydrogen-bond acceptors (Lipinski definition) is 3. The highest BCUT2D eigenvalue weighted by molar-refractivity contribution is 9.10. The van der Waals surface area contributed by atoms with Gasteiger partial charge in [0.1, 0.15) is 5.82 Å². The summed E-state index contributed by atoms with van der Waals surface area (Å²) in [4.78, 5) is 32.3. The zero-order chi connectivity index (χ0) is 24.7. The van der Waals surface area contributed by atoms with Crippen LogP contribution in [0.4, 0.5) is 20.6 Å². The van der Waals surface area contributed by atoms with E-state index in [1.807, 2.05) is 29.8 Å². The number of carbonyl (C=O) groups is 2. The smallest absolute Gasteiger partial charge is 0.321 e. The first-order valence-corrected chi connectivity index (χ1v) is 11.6. The van der Waals surface area contributed by atoms with E-state index < -0.39 is 23.9 Å². The molecule has 35 heavy (non-hydrogen) atoms. The third-order valence-corrected chi connectivity index (χ3v) is 6.43. The van der Waals surface area contributed by atoms with Gasteiger partial charge < -0.3 is 20.1 Å². The van der Waals surface area contributed by atoms with Crippen LogP contribution in [0.5, 0.6) is 0 Å². The Kier molecular flexibility index (Phi) is 5.86. The van der Waals surface area contributed by atoms with Crippen molar-refractivity contribution >= 4 is 55.9 Å². The highest BCUT2D eigenvalue weighted by atomic mass is 79.9. The first kappa shape index (κ1) is 22.8. The van der Waals surface area contributed by atoms with E-state index in [-0.39, 0.29) is 11.3 Å². The molecule has 0 aliphatic carbocycles. The van der Waals surface area contributed by atoms with Gasteiger partial charge >= 0.3 is 6.03 Å². The van der Waals surface area contributed by atoms with Gasteiger partial charge in [-0.3, -0.25) is 4.79 Å². The van der Waals surface area contributed by atoms with Gasteiger partial charge in [0, 0.05) is 46.8 Å². The van der Waals surface area contributed by atoms with Crippen LogP contribution in [0.25, 0.3) is 10.9 Å². The van der Waals surface area contributed by atoms with Crippen molar-refractivity contribution in [3.8, 4) is 0 Å². The van der Waals surface area contributed by atoms with Crippen LogP contribution < -0.4 is 15.5 Å². The number of aliphatic imine (C=N–C) groups is 1. The summed E-state index contributed by atoms with van der Waals surface area (Å²) in [5.74, 6) is -0.915. The molecule has 0 saturated carbocycles. The van der Waals surface area contributed by atoms with Crippen LogP contribution in [0.2, 0.25) is 0 Å². The Bertz CT molecular complexity index is 1510. The molecule has 3 aromatic carbocycles. The monoisotopic (exact) mass is 533 g/mol. The average Bonchev–Trinajstić information content (AvgIpc) is 3.10. The maximum absolute atomic E-state index is 14.8. The Morgan fingerprint density at radius 1 is 1.03 bits per heavy atom. The molecule has 1 aliphatic heterocycles. The lowest BCUT2D eigenvalue weighted by atomic mass is 10.00. The summed E-state index contributed by atoms with van der Waals surface area (Å²) < 4.78 is 17.5. The quantitative estimate of drug-likeness (QED) is 0.386. The lowest BCUT2D eigenvalue weighted by Gasteiger charge is -2.21. The molecule has 1 aromatic heterocycles. The summed E-state index contributed by atoms with van der Waals surface area (Å²) in [6, 6.07) is 18.5. The van der Waals surface area contributed by atoms with Crippen molar-refractivity contribution in [3.05, 3.63) is 94.3 Å². The number of hydrogen-bond donors (Lipinski definition) is 2. The predicted molar refractivity (Wildman–Crippen MR) is 138 cm³/mol. The second-order valence-corrected chi connectivity index (χ2v) is 9.10. The van der Waals surface area contributed by atoms with E-state index in [4.69, 9.17) is 0 Å².